The van der Waals surface area contributed by atoms with Gasteiger partial charge in [-0.1, -0.05) is 0 Å². The first-order chi connectivity index (χ1) is 13.9. The number of aromatic nitrogens is 4. The fourth-order valence-electron chi connectivity index (χ4n) is 3.20. The van der Waals surface area contributed by atoms with Crippen LogP contribution in [0.4, 0.5) is 23.1 Å². The maximum absolute atomic E-state index is 12.4. The van der Waals surface area contributed by atoms with E-state index in [1.807, 2.05) is 13.0 Å². The summed E-state index contributed by atoms with van der Waals surface area (Å²) in [5.74, 6) is 1.45. The van der Waals surface area contributed by atoms with Gasteiger partial charge in [-0.3, -0.25) is 4.72 Å². The van der Waals surface area contributed by atoms with Crippen LogP contribution in [0.1, 0.15) is 18.5 Å². The molecule has 10 heteroatoms. The van der Waals surface area contributed by atoms with E-state index >= 15 is 0 Å². The van der Waals surface area contributed by atoms with Crippen molar-refractivity contribution in [1.29, 1.82) is 0 Å². The zero-order chi connectivity index (χ0) is 20.4. The maximum atomic E-state index is 12.4. The molecule has 0 unspecified atom stereocenters. The molecule has 9 nitrogen and oxygen atoms in total. The van der Waals surface area contributed by atoms with Gasteiger partial charge in [0.15, 0.2) is 5.03 Å². The zero-order valence-corrected chi connectivity index (χ0v) is 17.1. The molecular formula is C19H23N7O2S. The molecule has 0 aliphatic carbocycles. The Labute approximate surface area is 169 Å². The number of aryl methyl sites for hydroxylation is 2. The third kappa shape index (κ3) is 4.48. The van der Waals surface area contributed by atoms with Crippen LogP contribution in [0, 0.1) is 6.92 Å². The highest BCUT2D eigenvalue weighted by atomic mass is 32.2. The van der Waals surface area contributed by atoms with Crippen LogP contribution < -0.4 is 14.9 Å². The van der Waals surface area contributed by atoms with Crippen molar-refractivity contribution in [1.82, 2.24) is 19.5 Å². The molecule has 3 heterocycles. The van der Waals surface area contributed by atoms with E-state index in [-0.39, 0.29) is 5.03 Å². The van der Waals surface area contributed by atoms with Crippen LogP contribution in [-0.2, 0) is 17.1 Å². The average Bonchev–Trinajstić information content (AvgIpc) is 3.35. The van der Waals surface area contributed by atoms with Crippen molar-refractivity contribution in [3.8, 4) is 0 Å². The van der Waals surface area contributed by atoms with Gasteiger partial charge in [0.05, 0.1) is 6.33 Å². The minimum atomic E-state index is -3.72. The third-order valence-corrected chi connectivity index (χ3v) is 5.89. The molecule has 2 N–H and O–H groups in total. The fourth-order valence-corrected chi connectivity index (χ4v) is 4.24. The van der Waals surface area contributed by atoms with Crippen molar-refractivity contribution >= 4 is 33.2 Å². The second-order valence-electron chi connectivity index (χ2n) is 7.07. The van der Waals surface area contributed by atoms with Gasteiger partial charge >= 0.3 is 0 Å². The predicted molar refractivity (Wildman–Crippen MR) is 112 cm³/mol. The van der Waals surface area contributed by atoms with Gasteiger partial charge in [-0.15, -0.1) is 0 Å². The van der Waals surface area contributed by atoms with Crippen molar-refractivity contribution < 1.29 is 8.42 Å². The van der Waals surface area contributed by atoms with Gasteiger partial charge in [0, 0.05) is 49.5 Å². The number of nitrogens with zero attached hydrogens (tertiary/aromatic N) is 5. The summed E-state index contributed by atoms with van der Waals surface area (Å²) in [6.07, 6.45) is 5.26. The van der Waals surface area contributed by atoms with Crippen LogP contribution >= 0.6 is 0 Å². The molecule has 1 aliphatic heterocycles. The summed E-state index contributed by atoms with van der Waals surface area (Å²) in [6.45, 7) is 3.98. The molecule has 0 saturated carbocycles. The Morgan fingerprint density at radius 1 is 1.03 bits per heavy atom. The molecule has 152 valence electrons. The third-order valence-electron chi connectivity index (χ3n) is 4.62. The van der Waals surface area contributed by atoms with Crippen LogP contribution in [0.3, 0.4) is 0 Å². The van der Waals surface area contributed by atoms with E-state index in [2.05, 4.69) is 29.9 Å². The summed E-state index contributed by atoms with van der Waals surface area (Å²) in [4.78, 5) is 15.2. The highest BCUT2D eigenvalue weighted by Gasteiger charge is 2.17. The molecule has 0 amide bonds. The van der Waals surface area contributed by atoms with Crippen LogP contribution in [0.5, 0.6) is 0 Å². The lowest BCUT2D eigenvalue weighted by Crippen LogP contribution is -2.19. The fraction of sp³-hybridized carbons (Fsp3) is 0.316. The summed E-state index contributed by atoms with van der Waals surface area (Å²) >= 11 is 0. The van der Waals surface area contributed by atoms with Crippen molar-refractivity contribution in [3.05, 3.63) is 48.5 Å². The van der Waals surface area contributed by atoms with Gasteiger partial charge in [-0.05, 0) is 44.0 Å². The van der Waals surface area contributed by atoms with Crippen LogP contribution in [0.2, 0.25) is 0 Å². The first-order valence-corrected chi connectivity index (χ1v) is 10.9. The van der Waals surface area contributed by atoms with Gasteiger partial charge in [0.25, 0.3) is 10.0 Å². The molecule has 2 aromatic heterocycles. The highest BCUT2D eigenvalue weighted by molar-refractivity contribution is 7.92. The Balaban J connectivity index is 1.47. The average molecular weight is 414 g/mol. The quantitative estimate of drug-likeness (QED) is 0.640. The number of imidazole rings is 1. The number of benzene rings is 1. The lowest BCUT2D eigenvalue weighted by atomic mass is 10.3. The molecule has 0 spiro atoms. The van der Waals surface area contributed by atoms with E-state index in [0.29, 0.717) is 11.6 Å². The monoisotopic (exact) mass is 413 g/mol. The minimum absolute atomic E-state index is 0.0233. The summed E-state index contributed by atoms with van der Waals surface area (Å²) in [5.41, 5.74) is 2.11. The number of rotatable bonds is 6. The lowest BCUT2D eigenvalue weighted by Gasteiger charge is -2.17. The maximum Gasteiger partial charge on any atom is 0.280 e. The highest BCUT2D eigenvalue weighted by Crippen LogP contribution is 2.23. The van der Waals surface area contributed by atoms with Crippen molar-refractivity contribution in [3.63, 3.8) is 0 Å². The lowest BCUT2D eigenvalue weighted by molar-refractivity contribution is 0.598. The number of nitrogens with one attached hydrogen (secondary N) is 2. The molecule has 0 bridgehead atoms. The largest absolute Gasteiger partial charge is 0.356 e. The van der Waals surface area contributed by atoms with E-state index in [0.717, 1.165) is 30.3 Å². The SMILES string of the molecule is Cc1cc(N2CCCC2)nc(Nc2ccc(NS(=O)(=O)c3cn(C)cn3)cc2)n1. The molecule has 4 rings (SSSR count). The molecule has 1 aromatic carbocycles. The first kappa shape index (κ1) is 19.2. The predicted octanol–water partition coefficient (Wildman–Crippen LogP) is 2.66. The smallest absolute Gasteiger partial charge is 0.280 e. The van der Waals surface area contributed by atoms with E-state index in [1.54, 1.807) is 35.9 Å². The Morgan fingerprint density at radius 3 is 2.38 bits per heavy atom. The zero-order valence-electron chi connectivity index (χ0n) is 16.3. The second kappa shape index (κ2) is 7.70. The molecule has 0 radical (unpaired) electrons. The number of anilines is 4. The van der Waals surface area contributed by atoms with E-state index in [9.17, 15) is 8.42 Å². The van der Waals surface area contributed by atoms with E-state index < -0.39 is 10.0 Å². The van der Waals surface area contributed by atoms with Crippen LogP contribution in [0.25, 0.3) is 0 Å². The number of hydrogen-bond donors (Lipinski definition) is 2. The van der Waals surface area contributed by atoms with Gasteiger partial charge in [-0.25, -0.2) is 9.97 Å². The molecule has 1 saturated heterocycles. The first-order valence-electron chi connectivity index (χ1n) is 9.37. The van der Waals surface area contributed by atoms with E-state index in [1.165, 1.54) is 25.4 Å². The topological polar surface area (TPSA) is 105 Å². The van der Waals surface area contributed by atoms with Crippen molar-refractivity contribution in [2.45, 2.75) is 24.8 Å². The molecule has 3 aromatic rings. The molecule has 1 fully saturated rings. The second-order valence-corrected chi connectivity index (χ2v) is 8.70. The van der Waals surface area contributed by atoms with Gasteiger partial charge < -0.3 is 14.8 Å². The Kier molecular flexibility index (Phi) is 5.10. The van der Waals surface area contributed by atoms with Crippen LogP contribution in [-0.4, -0.2) is 41.0 Å². The normalized spacial score (nSPS) is 14.2. The Hall–Kier alpha value is -3.14. The molecular weight excluding hydrogens is 390 g/mol. The van der Waals surface area contributed by atoms with Crippen molar-refractivity contribution in [2.24, 2.45) is 7.05 Å². The van der Waals surface area contributed by atoms with Crippen LogP contribution in [0.15, 0.2) is 47.9 Å². The summed E-state index contributed by atoms with van der Waals surface area (Å²) < 4.78 is 28.8. The van der Waals surface area contributed by atoms with Gasteiger partial charge in [0.1, 0.15) is 5.82 Å². The van der Waals surface area contributed by atoms with E-state index in [4.69, 9.17) is 0 Å². The summed E-state index contributed by atoms with van der Waals surface area (Å²) in [7, 11) is -2.00. The Morgan fingerprint density at radius 2 is 1.72 bits per heavy atom. The molecule has 0 atom stereocenters. The summed E-state index contributed by atoms with van der Waals surface area (Å²) in [5, 5.41) is 3.17. The number of hydrogen-bond acceptors (Lipinski definition) is 7. The minimum Gasteiger partial charge on any atom is -0.356 e. The van der Waals surface area contributed by atoms with Crippen molar-refractivity contribution in [2.75, 3.05) is 28.0 Å². The standard InChI is InChI=1S/C19H23N7O2S/c1-14-11-17(26-9-3-4-10-26)23-19(21-14)22-15-5-7-16(8-6-15)24-29(27,28)18-12-25(2)13-20-18/h5-8,11-13,24H,3-4,9-10H2,1-2H3,(H,21,22,23). The Bertz CT molecular complexity index is 1100. The van der Waals surface area contributed by atoms with Gasteiger partial charge in [0.2, 0.25) is 5.95 Å². The molecule has 29 heavy (non-hydrogen) atoms. The molecule has 1 aliphatic rings. The number of sulfonamides is 1. The van der Waals surface area contributed by atoms with Gasteiger partial charge in [-0.2, -0.15) is 13.4 Å². The summed E-state index contributed by atoms with van der Waals surface area (Å²) in [6, 6.07) is 8.90.